The maximum Gasteiger partial charge on any atom is 0.262 e. The average Bonchev–Trinajstić information content (AvgIpc) is 3.26. The fourth-order valence-electron chi connectivity index (χ4n) is 3.69. The first-order chi connectivity index (χ1) is 17.4. The normalized spacial score (nSPS) is 13.8. The minimum absolute atomic E-state index is 0.0420. The molecule has 0 atom stereocenters. The predicted octanol–water partition coefficient (Wildman–Crippen LogP) is 5.86. The van der Waals surface area contributed by atoms with Crippen LogP contribution in [0.4, 0.5) is 24.5 Å². The lowest BCUT2D eigenvalue weighted by Crippen LogP contribution is -2.25. The highest BCUT2D eigenvalue weighted by Crippen LogP contribution is 2.33. The number of benzene rings is 3. The minimum Gasteiger partial charge on any atom is -0.482 e. The molecule has 0 saturated carbocycles. The lowest BCUT2D eigenvalue weighted by molar-refractivity contribution is -0.118. The zero-order valence-electron chi connectivity index (χ0n) is 19.0. The van der Waals surface area contributed by atoms with Crippen LogP contribution < -0.4 is 14.9 Å². The molecule has 1 aliphatic heterocycles. The summed E-state index contributed by atoms with van der Waals surface area (Å²) in [7, 11) is 0. The maximum atomic E-state index is 14.4. The van der Waals surface area contributed by atoms with Gasteiger partial charge >= 0.3 is 0 Å². The summed E-state index contributed by atoms with van der Waals surface area (Å²) in [6.45, 7) is 1.86. The van der Waals surface area contributed by atoms with Crippen molar-refractivity contribution >= 4 is 34.3 Å². The van der Waals surface area contributed by atoms with Gasteiger partial charge in [0.2, 0.25) is 4.80 Å². The first-order valence-corrected chi connectivity index (χ1v) is 11.9. The van der Waals surface area contributed by atoms with E-state index in [1.807, 2.05) is 13.0 Å². The quantitative estimate of drug-likeness (QED) is 0.343. The molecule has 0 aliphatic carbocycles. The Bertz CT molecular complexity index is 1560. The zero-order chi connectivity index (χ0) is 25.2. The van der Waals surface area contributed by atoms with Gasteiger partial charge in [0.15, 0.2) is 12.4 Å². The summed E-state index contributed by atoms with van der Waals surface area (Å²) >= 11 is 1.22. The number of anilines is 1. The van der Waals surface area contributed by atoms with Crippen molar-refractivity contribution in [2.45, 2.75) is 13.3 Å². The summed E-state index contributed by atoms with van der Waals surface area (Å²) in [5.41, 5.74) is 3.16. The van der Waals surface area contributed by atoms with Gasteiger partial charge in [-0.2, -0.15) is 5.10 Å². The number of aromatic nitrogens is 1. The number of rotatable bonds is 5. The van der Waals surface area contributed by atoms with E-state index in [-0.39, 0.29) is 24.0 Å². The molecule has 0 spiro atoms. The molecule has 0 fully saturated rings. The summed E-state index contributed by atoms with van der Waals surface area (Å²) in [5, 5.41) is 9.38. The van der Waals surface area contributed by atoms with Crippen molar-refractivity contribution in [1.29, 1.82) is 0 Å². The van der Waals surface area contributed by atoms with Crippen molar-refractivity contribution in [3.05, 3.63) is 93.9 Å². The number of carbonyl (C=O) groups is 1. The van der Waals surface area contributed by atoms with Crippen LogP contribution in [0.5, 0.6) is 5.75 Å². The van der Waals surface area contributed by atoms with E-state index in [0.29, 0.717) is 45.2 Å². The molecular weight excluding hydrogens is 489 g/mol. The molecule has 1 aliphatic rings. The largest absolute Gasteiger partial charge is 0.482 e. The Labute approximate surface area is 208 Å². The molecule has 182 valence electrons. The number of hydrogen-bond acceptors (Lipinski definition) is 5. The lowest BCUT2D eigenvalue weighted by Gasteiger charge is -2.18. The number of ether oxygens (including phenoxy) is 1. The van der Waals surface area contributed by atoms with E-state index in [0.717, 1.165) is 12.1 Å². The molecule has 1 N–H and O–H groups in total. The van der Waals surface area contributed by atoms with Crippen LogP contribution in [0, 0.1) is 17.5 Å². The smallest absolute Gasteiger partial charge is 0.262 e. The summed E-state index contributed by atoms with van der Waals surface area (Å²) in [4.78, 5) is 16.5. The Balaban J connectivity index is 1.70. The molecule has 36 heavy (non-hydrogen) atoms. The van der Waals surface area contributed by atoms with Gasteiger partial charge in [-0.1, -0.05) is 19.1 Å². The van der Waals surface area contributed by atoms with Crippen LogP contribution in [0.3, 0.4) is 0 Å². The van der Waals surface area contributed by atoms with Crippen LogP contribution in [-0.4, -0.2) is 22.9 Å². The molecule has 4 aromatic rings. The van der Waals surface area contributed by atoms with E-state index >= 15 is 0 Å². The Kier molecular flexibility index (Phi) is 6.43. The van der Waals surface area contributed by atoms with Crippen LogP contribution in [-0.2, 0) is 4.79 Å². The third kappa shape index (κ3) is 4.80. The fraction of sp³-hybridized carbons (Fsp3) is 0.115. The Morgan fingerprint density at radius 3 is 2.58 bits per heavy atom. The van der Waals surface area contributed by atoms with Crippen LogP contribution in [0.25, 0.3) is 11.3 Å². The maximum absolute atomic E-state index is 14.4. The van der Waals surface area contributed by atoms with Crippen molar-refractivity contribution in [3.63, 3.8) is 0 Å². The number of thiazole rings is 1. The standard InChI is InChI=1S/C26H19F3N4O2S/c1-2-20(15-3-6-17(27)7-4-15)32-33-23(16-5-10-24-22(11-16)30-25(34)13-35-24)14-36-26(33)31-21-9-8-18(28)12-19(21)29/h3-12,14H,2,13H2,1H3,(H,30,34). The van der Waals surface area contributed by atoms with Gasteiger partial charge in [-0.25, -0.2) is 22.8 Å². The van der Waals surface area contributed by atoms with Crippen LogP contribution in [0.1, 0.15) is 18.9 Å². The second-order valence-electron chi connectivity index (χ2n) is 7.88. The topological polar surface area (TPSA) is 68.0 Å². The van der Waals surface area contributed by atoms with E-state index in [1.54, 1.807) is 34.3 Å². The van der Waals surface area contributed by atoms with Crippen molar-refractivity contribution < 1.29 is 22.7 Å². The average molecular weight is 509 g/mol. The highest BCUT2D eigenvalue weighted by atomic mass is 32.1. The zero-order valence-corrected chi connectivity index (χ0v) is 19.8. The molecule has 0 bridgehead atoms. The molecule has 2 heterocycles. The molecule has 10 heteroatoms. The third-order valence-electron chi connectivity index (χ3n) is 5.45. The molecule has 3 aromatic carbocycles. The number of fused-ring (bicyclic) bond motifs is 1. The molecule has 0 saturated heterocycles. The van der Waals surface area contributed by atoms with Gasteiger partial charge in [0.05, 0.1) is 17.1 Å². The summed E-state index contributed by atoms with van der Waals surface area (Å²) < 4.78 is 48.3. The minimum atomic E-state index is -0.802. The summed E-state index contributed by atoms with van der Waals surface area (Å²) in [6.07, 6.45) is 0.520. The predicted molar refractivity (Wildman–Crippen MR) is 132 cm³/mol. The van der Waals surface area contributed by atoms with Crippen molar-refractivity contribution in [1.82, 2.24) is 4.68 Å². The first kappa shape index (κ1) is 23.6. The first-order valence-electron chi connectivity index (χ1n) is 11.0. The van der Waals surface area contributed by atoms with Gasteiger partial charge in [-0.3, -0.25) is 4.79 Å². The highest BCUT2D eigenvalue weighted by Gasteiger charge is 2.18. The Morgan fingerprint density at radius 1 is 1.06 bits per heavy atom. The molecule has 6 nitrogen and oxygen atoms in total. The third-order valence-corrected chi connectivity index (χ3v) is 6.27. The van der Waals surface area contributed by atoms with E-state index in [9.17, 15) is 18.0 Å². The molecule has 1 amide bonds. The van der Waals surface area contributed by atoms with Gasteiger partial charge in [-0.05, 0) is 54.4 Å². The van der Waals surface area contributed by atoms with Crippen molar-refractivity contribution in [2.24, 2.45) is 10.1 Å². The second kappa shape index (κ2) is 9.82. The number of carbonyl (C=O) groups excluding carboxylic acids is 1. The molecule has 5 rings (SSSR count). The number of halogens is 3. The van der Waals surface area contributed by atoms with Crippen LogP contribution in [0.2, 0.25) is 0 Å². The van der Waals surface area contributed by atoms with Crippen molar-refractivity contribution in [2.75, 3.05) is 11.9 Å². The number of amides is 1. The van der Waals surface area contributed by atoms with Gasteiger partial charge in [0, 0.05) is 17.0 Å². The van der Waals surface area contributed by atoms with Gasteiger partial charge in [0.25, 0.3) is 5.91 Å². The Hall–Kier alpha value is -4.18. The van der Waals surface area contributed by atoms with E-state index in [1.165, 1.54) is 29.5 Å². The molecule has 1 aromatic heterocycles. The summed E-state index contributed by atoms with van der Waals surface area (Å²) in [6, 6.07) is 14.4. The number of nitrogens with one attached hydrogen (secondary N) is 1. The summed E-state index contributed by atoms with van der Waals surface area (Å²) in [5.74, 6) is -1.58. The SMILES string of the molecule is CCC(=Nn1c(-c2ccc3c(c2)NC(=O)CO3)csc1=Nc1ccc(F)cc1F)c1ccc(F)cc1. The highest BCUT2D eigenvalue weighted by molar-refractivity contribution is 7.07. The van der Waals surface area contributed by atoms with Crippen LogP contribution in [0.15, 0.2) is 76.1 Å². The van der Waals surface area contributed by atoms with Gasteiger partial charge in [-0.15, -0.1) is 11.3 Å². The van der Waals surface area contributed by atoms with Crippen molar-refractivity contribution in [3.8, 4) is 17.0 Å². The fourth-order valence-corrected chi connectivity index (χ4v) is 4.53. The molecule has 0 unspecified atom stereocenters. The number of nitrogens with zero attached hydrogens (tertiary/aromatic N) is 3. The van der Waals surface area contributed by atoms with E-state index < -0.39 is 11.6 Å². The van der Waals surface area contributed by atoms with E-state index in [4.69, 9.17) is 9.84 Å². The van der Waals surface area contributed by atoms with Crippen LogP contribution >= 0.6 is 11.3 Å². The monoisotopic (exact) mass is 508 g/mol. The lowest BCUT2D eigenvalue weighted by atomic mass is 10.1. The molecular formula is C26H19F3N4O2S. The second-order valence-corrected chi connectivity index (χ2v) is 8.71. The molecule has 0 radical (unpaired) electrons. The van der Waals surface area contributed by atoms with Gasteiger partial charge in [0.1, 0.15) is 23.1 Å². The number of hydrogen-bond donors (Lipinski definition) is 1. The van der Waals surface area contributed by atoms with Gasteiger partial charge < -0.3 is 10.1 Å². The van der Waals surface area contributed by atoms with E-state index in [2.05, 4.69) is 10.3 Å². The Morgan fingerprint density at radius 2 is 1.83 bits per heavy atom.